The van der Waals surface area contributed by atoms with E-state index in [1.165, 1.54) is 6.42 Å². The van der Waals surface area contributed by atoms with Crippen LogP contribution >= 0.6 is 15.9 Å². The molecule has 3 heterocycles. The number of hydrogen-bond donors (Lipinski definition) is 0. The zero-order valence-electron chi connectivity index (χ0n) is 17.2. The molecular formula is C22H29BrN4O2. The summed E-state index contributed by atoms with van der Waals surface area (Å²) >= 11 is 3.44. The van der Waals surface area contributed by atoms with Crippen LogP contribution in [0.4, 0.5) is 0 Å². The summed E-state index contributed by atoms with van der Waals surface area (Å²) in [5.74, 6) is 1.75. The standard InChI is InChI=1S/C22H29BrN4O2/c1-22(2)10-3-11-27(15-22)21(28)17-8-12-26(13-9-17)14-19-24-20(25-29-19)16-4-6-18(23)7-5-16/h4-7,17H,3,8-15H2,1-2H3. The highest BCUT2D eigenvalue weighted by atomic mass is 79.9. The van der Waals surface area contributed by atoms with Crippen molar-refractivity contribution >= 4 is 21.8 Å². The van der Waals surface area contributed by atoms with Crippen molar-refractivity contribution in [3.63, 3.8) is 0 Å². The Bertz CT molecular complexity index is 841. The molecule has 0 saturated carbocycles. The molecule has 0 spiro atoms. The van der Waals surface area contributed by atoms with Crippen LogP contribution in [0.1, 0.15) is 45.4 Å². The van der Waals surface area contributed by atoms with Crippen LogP contribution in [0.15, 0.2) is 33.3 Å². The quantitative estimate of drug-likeness (QED) is 0.677. The lowest BCUT2D eigenvalue weighted by molar-refractivity contribution is -0.140. The van der Waals surface area contributed by atoms with Gasteiger partial charge < -0.3 is 9.42 Å². The van der Waals surface area contributed by atoms with Gasteiger partial charge in [-0.05, 0) is 68.5 Å². The van der Waals surface area contributed by atoms with Gasteiger partial charge in [0.25, 0.3) is 0 Å². The second kappa shape index (κ2) is 8.56. The number of halogens is 1. The molecule has 1 aromatic carbocycles. The highest BCUT2D eigenvalue weighted by Crippen LogP contribution is 2.31. The van der Waals surface area contributed by atoms with Gasteiger partial charge in [0.1, 0.15) is 0 Å². The maximum atomic E-state index is 13.0. The predicted molar refractivity (Wildman–Crippen MR) is 115 cm³/mol. The molecule has 0 unspecified atom stereocenters. The minimum atomic E-state index is 0.154. The van der Waals surface area contributed by atoms with Crippen molar-refractivity contribution in [2.24, 2.45) is 11.3 Å². The van der Waals surface area contributed by atoms with E-state index in [4.69, 9.17) is 4.52 Å². The van der Waals surface area contributed by atoms with Crippen molar-refractivity contribution in [2.45, 2.75) is 46.1 Å². The largest absolute Gasteiger partial charge is 0.342 e. The molecule has 1 aromatic heterocycles. The van der Waals surface area contributed by atoms with E-state index in [9.17, 15) is 4.79 Å². The third-order valence-corrected chi connectivity index (χ3v) is 6.61. The third kappa shape index (κ3) is 5.07. The molecule has 2 aliphatic heterocycles. The molecule has 4 rings (SSSR count). The fraction of sp³-hybridized carbons (Fsp3) is 0.591. The van der Waals surface area contributed by atoms with E-state index in [-0.39, 0.29) is 11.3 Å². The van der Waals surface area contributed by atoms with Gasteiger partial charge in [0, 0.05) is 29.0 Å². The first-order chi connectivity index (χ1) is 13.9. The molecule has 0 N–H and O–H groups in total. The number of carbonyl (C=O) groups excluding carboxylic acids is 1. The summed E-state index contributed by atoms with van der Waals surface area (Å²) in [6.45, 7) is 8.77. The van der Waals surface area contributed by atoms with Crippen LogP contribution in [0.3, 0.4) is 0 Å². The van der Waals surface area contributed by atoms with E-state index in [1.807, 2.05) is 24.3 Å². The smallest absolute Gasteiger partial charge is 0.241 e. The second-order valence-corrected chi connectivity index (χ2v) is 10.0. The van der Waals surface area contributed by atoms with Crippen LogP contribution in [0.5, 0.6) is 0 Å². The first-order valence-electron chi connectivity index (χ1n) is 10.5. The zero-order valence-corrected chi connectivity index (χ0v) is 18.8. The molecule has 0 bridgehead atoms. The average molecular weight is 461 g/mol. The highest BCUT2D eigenvalue weighted by molar-refractivity contribution is 9.10. The maximum Gasteiger partial charge on any atom is 0.241 e. The fourth-order valence-corrected chi connectivity index (χ4v) is 4.70. The maximum absolute atomic E-state index is 13.0. The van der Waals surface area contributed by atoms with Gasteiger partial charge in [-0.2, -0.15) is 4.98 Å². The van der Waals surface area contributed by atoms with Crippen LogP contribution in [0, 0.1) is 11.3 Å². The Balaban J connectivity index is 1.29. The van der Waals surface area contributed by atoms with Gasteiger partial charge in [-0.1, -0.05) is 34.9 Å². The molecule has 29 heavy (non-hydrogen) atoms. The van der Waals surface area contributed by atoms with Crippen LogP contribution in [0.2, 0.25) is 0 Å². The molecule has 2 aromatic rings. The van der Waals surface area contributed by atoms with Gasteiger partial charge >= 0.3 is 0 Å². The molecule has 1 amide bonds. The average Bonchev–Trinajstić information content (AvgIpc) is 3.16. The Kier molecular flexibility index (Phi) is 6.06. The Labute approximate surface area is 180 Å². The second-order valence-electron chi connectivity index (χ2n) is 9.10. The number of hydrogen-bond acceptors (Lipinski definition) is 5. The Morgan fingerprint density at radius 3 is 2.62 bits per heavy atom. The molecule has 0 aliphatic carbocycles. The number of amides is 1. The third-order valence-electron chi connectivity index (χ3n) is 6.08. The van der Waals surface area contributed by atoms with Gasteiger partial charge in [0.2, 0.25) is 17.6 Å². The molecule has 2 fully saturated rings. The summed E-state index contributed by atoms with van der Waals surface area (Å²) in [4.78, 5) is 21.9. The number of benzene rings is 1. The number of nitrogens with zero attached hydrogens (tertiary/aromatic N) is 4. The van der Waals surface area contributed by atoms with Gasteiger partial charge in [0.05, 0.1) is 6.54 Å². The first kappa shape index (κ1) is 20.5. The van der Waals surface area contributed by atoms with Crippen LogP contribution < -0.4 is 0 Å². The molecule has 2 aliphatic rings. The normalized spacial score (nSPS) is 20.7. The van der Waals surface area contributed by atoms with Crippen molar-refractivity contribution in [3.8, 4) is 11.4 Å². The van der Waals surface area contributed by atoms with Crippen molar-refractivity contribution in [1.29, 1.82) is 0 Å². The van der Waals surface area contributed by atoms with Crippen molar-refractivity contribution < 1.29 is 9.32 Å². The lowest BCUT2D eigenvalue weighted by atomic mass is 9.83. The van der Waals surface area contributed by atoms with Gasteiger partial charge in [-0.25, -0.2) is 0 Å². The highest BCUT2D eigenvalue weighted by Gasteiger charge is 2.34. The van der Waals surface area contributed by atoms with Gasteiger partial charge in [-0.3, -0.25) is 9.69 Å². The summed E-state index contributed by atoms with van der Waals surface area (Å²) < 4.78 is 6.48. The molecule has 0 radical (unpaired) electrons. The minimum Gasteiger partial charge on any atom is -0.342 e. The minimum absolute atomic E-state index is 0.154. The topological polar surface area (TPSA) is 62.5 Å². The lowest BCUT2D eigenvalue weighted by Gasteiger charge is -2.41. The number of rotatable bonds is 4. The Morgan fingerprint density at radius 2 is 1.93 bits per heavy atom. The summed E-state index contributed by atoms with van der Waals surface area (Å²) in [7, 11) is 0. The number of piperidine rings is 2. The van der Waals surface area contributed by atoms with Crippen molar-refractivity contribution in [2.75, 3.05) is 26.2 Å². The van der Waals surface area contributed by atoms with E-state index in [0.29, 0.717) is 24.2 Å². The zero-order chi connectivity index (χ0) is 20.4. The molecule has 7 heteroatoms. The van der Waals surface area contributed by atoms with E-state index in [0.717, 1.165) is 55.5 Å². The van der Waals surface area contributed by atoms with E-state index in [2.05, 4.69) is 49.7 Å². The SMILES string of the molecule is CC1(C)CCCN(C(=O)C2CCN(Cc3nc(-c4ccc(Br)cc4)no3)CC2)C1. The first-order valence-corrected chi connectivity index (χ1v) is 11.3. The van der Waals surface area contributed by atoms with Gasteiger partial charge in [0.15, 0.2) is 0 Å². The van der Waals surface area contributed by atoms with E-state index in [1.54, 1.807) is 0 Å². The number of aromatic nitrogens is 2. The summed E-state index contributed by atoms with van der Waals surface area (Å²) in [5.41, 5.74) is 1.19. The predicted octanol–water partition coefficient (Wildman–Crippen LogP) is 4.36. The van der Waals surface area contributed by atoms with Crippen LogP contribution in [-0.2, 0) is 11.3 Å². The van der Waals surface area contributed by atoms with Crippen molar-refractivity contribution in [1.82, 2.24) is 19.9 Å². The molecule has 0 atom stereocenters. The Morgan fingerprint density at radius 1 is 1.21 bits per heavy atom. The molecule has 6 nitrogen and oxygen atoms in total. The van der Waals surface area contributed by atoms with Crippen LogP contribution in [-0.4, -0.2) is 52.0 Å². The fourth-order valence-electron chi connectivity index (χ4n) is 4.43. The number of likely N-dealkylation sites (tertiary alicyclic amines) is 2. The molecule has 2 saturated heterocycles. The number of carbonyl (C=O) groups is 1. The summed E-state index contributed by atoms with van der Waals surface area (Å²) in [5, 5.41) is 4.11. The van der Waals surface area contributed by atoms with E-state index < -0.39 is 0 Å². The molecule has 156 valence electrons. The van der Waals surface area contributed by atoms with Crippen LogP contribution in [0.25, 0.3) is 11.4 Å². The van der Waals surface area contributed by atoms with E-state index >= 15 is 0 Å². The lowest BCUT2D eigenvalue weighted by Crippen LogP contribution is -2.48. The van der Waals surface area contributed by atoms with Gasteiger partial charge in [-0.15, -0.1) is 0 Å². The molecular weight excluding hydrogens is 432 g/mol. The van der Waals surface area contributed by atoms with Crippen molar-refractivity contribution in [3.05, 3.63) is 34.6 Å². The monoisotopic (exact) mass is 460 g/mol. The Hall–Kier alpha value is -1.73. The summed E-state index contributed by atoms with van der Waals surface area (Å²) in [6.07, 6.45) is 4.14. The summed E-state index contributed by atoms with van der Waals surface area (Å²) in [6, 6.07) is 7.88.